The van der Waals surface area contributed by atoms with E-state index in [1.807, 2.05) is 0 Å². The first-order valence-corrected chi connectivity index (χ1v) is 8.96. The van der Waals surface area contributed by atoms with Gasteiger partial charge in [-0.25, -0.2) is 0 Å². The van der Waals surface area contributed by atoms with E-state index in [0.717, 1.165) is 37.0 Å². The largest absolute Gasteiger partial charge is 0.344 e. The third-order valence-electron chi connectivity index (χ3n) is 4.55. The number of aromatic nitrogens is 2. The SMILES string of the molecule is CCCc1nnc(N2CCN(CC3CCCC3)CC2)s1. The zero-order valence-corrected chi connectivity index (χ0v) is 13.4. The number of rotatable bonds is 5. The van der Waals surface area contributed by atoms with Crippen molar-refractivity contribution in [3.63, 3.8) is 0 Å². The van der Waals surface area contributed by atoms with Crippen molar-refractivity contribution in [2.45, 2.75) is 45.4 Å². The summed E-state index contributed by atoms with van der Waals surface area (Å²) < 4.78 is 0. The Labute approximate surface area is 126 Å². The van der Waals surface area contributed by atoms with Crippen LogP contribution in [-0.4, -0.2) is 47.8 Å². The van der Waals surface area contributed by atoms with Crippen LogP contribution < -0.4 is 4.90 Å². The molecular formula is C15H26N4S. The van der Waals surface area contributed by atoms with Crippen molar-refractivity contribution in [3.05, 3.63) is 5.01 Å². The minimum Gasteiger partial charge on any atom is -0.344 e. The van der Waals surface area contributed by atoms with Gasteiger partial charge in [0, 0.05) is 39.1 Å². The highest BCUT2D eigenvalue weighted by molar-refractivity contribution is 7.15. The van der Waals surface area contributed by atoms with Gasteiger partial charge < -0.3 is 4.90 Å². The zero-order valence-electron chi connectivity index (χ0n) is 12.6. The molecule has 1 aliphatic carbocycles. The molecular weight excluding hydrogens is 268 g/mol. The van der Waals surface area contributed by atoms with Crippen molar-refractivity contribution in [1.82, 2.24) is 15.1 Å². The smallest absolute Gasteiger partial charge is 0.208 e. The van der Waals surface area contributed by atoms with Crippen LogP contribution in [0.2, 0.25) is 0 Å². The molecule has 1 saturated carbocycles. The first-order chi connectivity index (χ1) is 9.85. The van der Waals surface area contributed by atoms with Crippen molar-refractivity contribution in [2.75, 3.05) is 37.6 Å². The van der Waals surface area contributed by atoms with E-state index in [0.29, 0.717) is 0 Å². The van der Waals surface area contributed by atoms with Gasteiger partial charge >= 0.3 is 0 Å². The van der Waals surface area contributed by atoms with Crippen LogP contribution in [0, 0.1) is 5.92 Å². The molecule has 2 aliphatic rings. The molecule has 0 N–H and O–H groups in total. The van der Waals surface area contributed by atoms with Crippen LogP contribution >= 0.6 is 11.3 Å². The van der Waals surface area contributed by atoms with Gasteiger partial charge in [0.05, 0.1) is 0 Å². The molecule has 0 bridgehead atoms. The lowest BCUT2D eigenvalue weighted by Crippen LogP contribution is -2.47. The number of piperazine rings is 1. The second-order valence-corrected chi connectivity index (χ2v) is 7.21. The lowest BCUT2D eigenvalue weighted by molar-refractivity contribution is 0.219. The Morgan fingerprint density at radius 1 is 1.10 bits per heavy atom. The predicted octanol–water partition coefficient (Wildman–Crippen LogP) is 2.80. The first-order valence-electron chi connectivity index (χ1n) is 8.15. The molecule has 5 heteroatoms. The van der Waals surface area contributed by atoms with E-state index < -0.39 is 0 Å². The van der Waals surface area contributed by atoms with Crippen molar-refractivity contribution >= 4 is 16.5 Å². The van der Waals surface area contributed by atoms with Crippen molar-refractivity contribution in [3.8, 4) is 0 Å². The van der Waals surface area contributed by atoms with Gasteiger partial charge in [0.25, 0.3) is 0 Å². The Morgan fingerprint density at radius 2 is 1.85 bits per heavy atom. The molecule has 0 unspecified atom stereocenters. The second kappa shape index (κ2) is 6.85. The summed E-state index contributed by atoms with van der Waals surface area (Å²) in [5.74, 6) is 0.972. The van der Waals surface area contributed by atoms with Crippen LogP contribution in [0.4, 0.5) is 5.13 Å². The maximum absolute atomic E-state index is 4.36. The summed E-state index contributed by atoms with van der Waals surface area (Å²) in [6.07, 6.45) is 8.04. The van der Waals surface area contributed by atoms with Crippen molar-refractivity contribution in [1.29, 1.82) is 0 Å². The molecule has 4 nitrogen and oxygen atoms in total. The Balaban J connectivity index is 1.47. The fourth-order valence-corrected chi connectivity index (χ4v) is 4.36. The van der Waals surface area contributed by atoms with E-state index in [4.69, 9.17) is 0 Å². The summed E-state index contributed by atoms with van der Waals surface area (Å²) in [4.78, 5) is 5.07. The topological polar surface area (TPSA) is 32.3 Å². The summed E-state index contributed by atoms with van der Waals surface area (Å²) in [7, 11) is 0. The fraction of sp³-hybridized carbons (Fsp3) is 0.867. The van der Waals surface area contributed by atoms with Gasteiger partial charge in [-0.2, -0.15) is 0 Å². The van der Waals surface area contributed by atoms with E-state index in [1.54, 1.807) is 11.3 Å². The summed E-state index contributed by atoms with van der Waals surface area (Å²) in [5.41, 5.74) is 0. The number of anilines is 1. The quantitative estimate of drug-likeness (QED) is 0.836. The third kappa shape index (κ3) is 3.50. The van der Waals surface area contributed by atoms with Gasteiger partial charge in [-0.1, -0.05) is 31.1 Å². The molecule has 2 heterocycles. The zero-order chi connectivity index (χ0) is 13.8. The van der Waals surface area contributed by atoms with E-state index in [9.17, 15) is 0 Å². The second-order valence-electron chi connectivity index (χ2n) is 6.17. The van der Waals surface area contributed by atoms with Crippen LogP contribution in [0.5, 0.6) is 0 Å². The van der Waals surface area contributed by atoms with Gasteiger partial charge in [0.1, 0.15) is 5.01 Å². The molecule has 0 radical (unpaired) electrons. The molecule has 0 spiro atoms. The number of nitrogens with zero attached hydrogens (tertiary/aromatic N) is 4. The van der Waals surface area contributed by atoms with Crippen molar-refractivity contribution in [2.24, 2.45) is 5.92 Å². The summed E-state index contributed by atoms with van der Waals surface area (Å²) in [5, 5.41) is 11.0. The predicted molar refractivity (Wildman–Crippen MR) is 84.5 cm³/mol. The summed E-state index contributed by atoms with van der Waals surface area (Å²) in [6, 6.07) is 0. The van der Waals surface area contributed by atoms with Gasteiger partial charge in [-0.15, -0.1) is 10.2 Å². The Hall–Kier alpha value is -0.680. The normalized spacial score (nSPS) is 21.8. The minimum atomic E-state index is 0.972. The number of hydrogen-bond acceptors (Lipinski definition) is 5. The van der Waals surface area contributed by atoms with Crippen LogP contribution in [0.15, 0.2) is 0 Å². The van der Waals surface area contributed by atoms with E-state index >= 15 is 0 Å². The number of hydrogen-bond donors (Lipinski definition) is 0. The average molecular weight is 294 g/mol. The molecule has 3 rings (SSSR count). The molecule has 112 valence electrons. The monoisotopic (exact) mass is 294 g/mol. The minimum absolute atomic E-state index is 0.972. The third-order valence-corrected chi connectivity index (χ3v) is 5.60. The highest BCUT2D eigenvalue weighted by atomic mass is 32.1. The Morgan fingerprint density at radius 3 is 2.55 bits per heavy atom. The molecule has 1 saturated heterocycles. The standard InChI is InChI=1S/C15H26N4S/c1-2-5-14-16-17-15(20-14)19-10-8-18(9-11-19)12-13-6-3-4-7-13/h13H,2-12H2,1H3. The highest BCUT2D eigenvalue weighted by Gasteiger charge is 2.23. The molecule has 1 aliphatic heterocycles. The Bertz CT molecular complexity index is 406. The van der Waals surface area contributed by atoms with Crippen LogP contribution in [0.25, 0.3) is 0 Å². The molecule has 20 heavy (non-hydrogen) atoms. The lowest BCUT2D eigenvalue weighted by Gasteiger charge is -2.35. The van der Waals surface area contributed by atoms with Gasteiger partial charge in [0.15, 0.2) is 0 Å². The molecule has 2 fully saturated rings. The van der Waals surface area contributed by atoms with Crippen molar-refractivity contribution < 1.29 is 0 Å². The fourth-order valence-electron chi connectivity index (χ4n) is 3.37. The van der Waals surface area contributed by atoms with Crippen LogP contribution in [0.3, 0.4) is 0 Å². The Kier molecular flexibility index (Phi) is 4.89. The van der Waals surface area contributed by atoms with E-state index in [2.05, 4.69) is 26.9 Å². The molecule has 1 aromatic heterocycles. The summed E-state index contributed by atoms with van der Waals surface area (Å²) >= 11 is 1.78. The maximum atomic E-state index is 4.36. The molecule has 0 atom stereocenters. The van der Waals surface area contributed by atoms with Gasteiger partial charge in [0.2, 0.25) is 5.13 Å². The number of aryl methyl sites for hydroxylation is 1. The van der Waals surface area contributed by atoms with Crippen LogP contribution in [0.1, 0.15) is 44.0 Å². The van der Waals surface area contributed by atoms with Crippen LogP contribution in [-0.2, 0) is 6.42 Å². The van der Waals surface area contributed by atoms with Gasteiger partial charge in [-0.05, 0) is 25.2 Å². The van der Waals surface area contributed by atoms with E-state index in [-0.39, 0.29) is 0 Å². The summed E-state index contributed by atoms with van der Waals surface area (Å²) in [6.45, 7) is 8.15. The molecule has 0 amide bonds. The highest BCUT2D eigenvalue weighted by Crippen LogP contribution is 2.27. The first kappa shape index (κ1) is 14.3. The van der Waals surface area contributed by atoms with Gasteiger partial charge in [-0.3, -0.25) is 4.90 Å². The maximum Gasteiger partial charge on any atom is 0.208 e. The lowest BCUT2D eigenvalue weighted by atomic mass is 10.1. The van der Waals surface area contributed by atoms with E-state index in [1.165, 1.54) is 50.3 Å². The molecule has 1 aromatic rings. The molecule has 0 aromatic carbocycles. The average Bonchev–Trinajstić information content (AvgIpc) is 3.12.